The first kappa shape index (κ1) is 22.2. The molecular weight excluding hydrogens is 337 g/mol. The van der Waals surface area contributed by atoms with Gasteiger partial charge in [-0.25, -0.2) is 4.39 Å². The lowest BCUT2D eigenvalue weighted by atomic mass is 10.2. The molecule has 0 aliphatic rings. The summed E-state index contributed by atoms with van der Waals surface area (Å²) in [5.74, 6) is 1.47. The Morgan fingerprint density at radius 2 is 1.96 bits per heavy atom. The molecule has 1 aromatic carbocycles. The predicted molar refractivity (Wildman–Crippen MR) is 102 cm³/mol. The van der Waals surface area contributed by atoms with Crippen LogP contribution in [0, 0.1) is 11.7 Å². The van der Waals surface area contributed by atoms with Gasteiger partial charge in [0.05, 0.1) is 25.8 Å². The van der Waals surface area contributed by atoms with E-state index in [1.165, 1.54) is 12.1 Å². The predicted octanol–water partition coefficient (Wildman–Crippen LogP) is 2.14. The Hall–Kier alpha value is -1.86. The summed E-state index contributed by atoms with van der Waals surface area (Å²) in [7, 11) is 1.90. The van der Waals surface area contributed by atoms with Crippen molar-refractivity contribution in [1.82, 2.24) is 10.2 Å². The molecule has 1 unspecified atom stereocenters. The number of rotatable bonds is 11. The molecule has 0 aliphatic carbocycles. The Morgan fingerprint density at radius 1 is 1.27 bits per heavy atom. The highest BCUT2D eigenvalue weighted by atomic mass is 19.1. The lowest BCUT2D eigenvalue weighted by Gasteiger charge is -2.22. The van der Waals surface area contributed by atoms with Crippen molar-refractivity contribution >= 4 is 5.96 Å². The van der Waals surface area contributed by atoms with Gasteiger partial charge in [-0.3, -0.25) is 4.99 Å². The van der Waals surface area contributed by atoms with Gasteiger partial charge in [0.15, 0.2) is 5.96 Å². The zero-order chi connectivity index (χ0) is 19.4. The highest BCUT2D eigenvalue weighted by Gasteiger charge is 2.09. The quantitative estimate of drug-likeness (QED) is 0.462. The largest absolute Gasteiger partial charge is 0.492 e. The van der Waals surface area contributed by atoms with Crippen molar-refractivity contribution in [2.45, 2.75) is 26.9 Å². The maximum Gasteiger partial charge on any atom is 0.193 e. The third-order valence-electron chi connectivity index (χ3n) is 3.42. The first-order valence-corrected chi connectivity index (χ1v) is 9.06. The molecule has 0 heterocycles. The number of hydrogen-bond donors (Lipinski definition) is 2. The summed E-state index contributed by atoms with van der Waals surface area (Å²) >= 11 is 0. The summed E-state index contributed by atoms with van der Waals surface area (Å²) < 4.78 is 23.9. The van der Waals surface area contributed by atoms with Gasteiger partial charge in [0.1, 0.15) is 18.2 Å². The minimum Gasteiger partial charge on any atom is -0.492 e. The molecule has 1 aromatic rings. The second-order valence-corrected chi connectivity index (χ2v) is 6.50. The average Bonchev–Trinajstić information content (AvgIpc) is 2.59. The van der Waals surface area contributed by atoms with E-state index in [0.29, 0.717) is 37.4 Å². The van der Waals surface area contributed by atoms with Crippen LogP contribution in [0.25, 0.3) is 0 Å². The molecule has 6 nitrogen and oxygen atoms in total. The summed E-state index contributed by atoms with van der Waals surface area (Å²) in [6.07, 6.45) is -0.633. The van der Waals surface area contributed by atoms with E-state index in [1.807, 2.05) is 18.9 Å². The van der Waals surface area contributed by atoms with Crippen LogP contribution in [0.5, 0.6) is 5.75 Å². The number of aliphatic hydroxyl groups excluding tert-OH is 1. The number of likely N-dealkylation sites (N-methyl/N-ethyl adjacent to an activating group) is 1. The number of nitrogens with zero attached hydrogens (tertiary/aromatic N) is 2. The molecular formula is C19H32FN3O3. The van der Waals surface area contributed by atoms with E-state index in [4.69, 9.17) is 9.47 Å². The normalized spacial score (nSPS) is 13.0. The molecule has 148 valence electrons. The van der Waals surface area contributed by atoms with Crippen molar-refractivity contribution in [3.63, 3.8) is 0 Å². The van der Waals surface area contributed by atoms with Crippen molar-refractivity contribution in [3.05, 3.63) is 30.1 Å². The lowest BCUT2D eigenvalue weighted by molar-refractivity contribution is 0.0300. The van der Waals surface area contributed by atoms with E-state index in [9.17, 15) is 9.50 Å². The van der Waals surface area contributed by atoms with Crippen LogP contribution in [0.3, 0.4) is 0 Å². The van der Waals surface area contributed by atoms with Crippen LogP contribution in [0.2, 0.25) is 0 Å². The van der Waals surface area contributed by atoms with Crippen LogP contribution >= 0.6 is 0 Å². The van der Waals surface area contributed by atoms with Crippen LogP contribution in [-0.4, -0.2) is 68.6 Å². The van der Waals surface area contributed by atoms with E-state index >= 15 is 0 Å². The molecule has 0 fully saturated rings. The monoisotopic (exact) mass is 369 g/mol. The van der Waals surface area contributed by atoms with Crippen LogP contribution in [0.1, 0.15) is 20.8 Å². The van der Waals surface area contributed by atoms with Crippen molar-refractivity contribution in [1.29, 1.82) is 0 Å². The summed E-state index contributed by atoms with van der Waals surface area (Å²) in [6, 6.07) is 5.94. The van der Waals surface area contributed by atoms with E-state index in [1.54, 1.807) is 12.1 Å². The first-order valence-electron chi connectivity index (χ1n) is 9.06. The Balaban J connectivity index is 2.41. The number of benzene rings is 1. The van der Waals surface area contributed by atoms with Crippen LogP contribution in [-0.2, 0) is 4.74 Å². The molecule has 0 aliphatic heterocycles. The molecule has 0 saturated heterocycles. The van der Waals surface area contributed by atoms with Gasteiger partial charge in [0, 0.05) is 20.2 Å². The molecule has 0 amide bonds. The molecule has 0 saturated carbocycles. The first-order chi connectivity index (χ1) is 12.4. The molecule has 0 spiro atoms. The average molecular weight is 369 g/mol. The molecule has 1 atom stereocenters. The molecule has 0 radical (unpaired) electrons. The fourth-order valence-corrected chi connectivity index (χ4v) is 2.09. The Morgan fingerprint density at radius 3 is 2.58 bits per heavy atom. The Kier molecular flexibility index (Phi) is 10.7. The highest BCUT2D eigenvalue weighted by molar-refractivity contribution is 5.79. The van der Waals surface area contributed by atoms with Gasteiger partial charge in [0.2, 0.25) is 0 Å². The van der Waals surface area contributed by atoms with Gasteiger partial charge in [-0.1, -0.05) is 13.8 Å². The minimum absolute atomic E-state index is 0.267. The van der Waals surface area contributed by atoms with Crippen LogP contribution in [0.4, 0.5) is 4.39 Å². The fourth-order valence-electron chi connectivity index (χ4n) is 2.09. The summed E-state index contributed by atoms with van der Waals surface area (Å²) in [5, 5.41) is 13.2. The number of ether oxygens (including phenoxy) is 2. The molecule has 7 heteroatoms. The van der Waals surface area contributed by atoms with E-state index in [0.717, 1.165) is 6.54 Å². The van der Waals surface area contributed by atoms with Crippen molar-refractivity contribution in [2.75, 3.05) is 46.5 Å². The molecule has 2 N–H and O–H groups in total. The summed E-state index contributed by atoms with van der Waals surface area (Å²) in [5.41, 5.74) is 0. The van der Waals surface area contributed by atoms with Gasteiger partial charge in [-0.2, -0.15) is 0 Å². The molecule has 0 bridgehead atoms. The molecule has 0 aromatic heterocycles. The Bertz CT molecular complexity index is 523. The number of hydrogen-bond acceptors (Lipinski definition) is 4. The van der Waals surface area contributed by atoms with Crippen LogP contribution in [0.15, 0.2) is 29.3 Å². The smallest absolute Gasteiger partial charge is 0.193 e. The van der Waals surface area contributed by atoms with Crippen molar-refractivity contribution in [2.24, 2.45) is 10.9 Å². The zero-order valence-electron chi connectivity index (χ0n) is 16.2. The van der Waals surface area contributed by atoms with Crippen LogP contribution < -0.4 is 10.1 Å². The van der Waals surface area contributed by atoms with Crippen molar-refractivity contribution in [3.8, 4) is 5.75 Å². The van der Waals surface area contributed by atoms with E-state index in [-0.39, 0.29) is 19.0 Å². The van der Waals surface area contributed by atoms with Gasteiger partial charge < -0.3 is 24.8 Å². The van der Waals surface area contributed by atoms with Gasteiger partial charge in [-0.15, -0.1) is 0 Å². The van der Waals surface area contributed by atoms with E-state index < -0.39 is 6.10 Å². The number of halogens is 1. The minimum atomic E-state index is -0.633. The zero-order valence-corrected chi connectivity index (χ0v) is 16.2. The third-order valence-corrected chi connectivity index (χ3v) is 3.42. The van der Waals surface area contributed by atoms with Gasteiger partial charge in [-0.05, 0) is 37.1 Å². The standard InChI is InChI=1S/C19H32FN3O3/c1-5-21-19(22-12-17(24)14-25-13-15(2)3)23(4)10-11-26-18-8-6-16(20)7-9-18/h6-9,15,17,24H,5,10-14H2,1-4H3,(H,21,22). The number of nitrogens with one attached hydrogen (secondary N) is 1. The Labute approximate surface area is 156 Å². The second-order valence-electron chi connectivity index (χ2n) is 6.50. The number of aliphatic hydroxyl groups is 1. The van der Waals surface area contributed by atoms with Crippen molar-refractivity contribution < 1.29 is 19.0 Å². The molecule has 26 heavy (non-hydrogen) atoms. The van der Waals surface area contributed by atoms with E-state index in [2.05, 4.69) is 24.2 Å². The third kappa shape index (κ3) is 9.58. The number of aliphatic imine (C=N–C) groups is 1. The lowest BCUT2D eigenvalue weighted by Crippen LogP contribution is -2.41. The number of guanidine groups is 1. The SMILES string of the molecule is CCNC(=NCC(O)COCC(C)C)N(C)CCOc1ccc(F)cc1. The maximum atomic E-state index is 12.9. The topological polar surface area (TPSA) is 66.3 Å². The van der Waals surface area contributed by atoms with Gasteiger partial charge in [0.25, 0.3) is 0 Å². The van der Waals surface area contributed by atoms with Gasteiger partial charge >= 0.3 is 0 Å². The molecule has 1 rings (SSSR count). The summed E-state index contributed by atoms with van der Waals surface area (Å²) in [6.45, 7) is 9.05. The fraction of sp³-hybridized carbons (Fsp3) is 0.632. The maximum absolute atomic E-state index is 12.9. The summed E-state index contributed by atoms with van der Waals surface area (Å²) in [4.78, 5) is 6.37. The second kappa shape index (κ2) is 12.5. The highest BCUT2D eigenvalue weighted by Crippen LogP contribution is 2.10.